The molecule has 0 aliphatic carbocycles. The van der Waals surface area contributed by atoms with Crippen LogP contribution in [0.25, 0.3) is 0 Å². The normalized spacial score (nSPS) is 10.4. The number of hydrogen-bond acceptors (Lipinski definition) is 3. The fraction of sp³-hybridized carbons (Fsp3) is 0.700. The molecule has 1 N–H and O–H groups in total. The summed E-state index contributed by atoms with van der Waals surface area (Å²) < 4.78 is 0. The van der Waals surface area contributed by atoms with Gasteiger partial charge in [0.05, 0.1) is 5.69 Å². The molecule has 0 spiro atoms. The molecule has 1 heterocycles. The highest BCUT2D eigenvalue weighted by Gasteiger charge is 2.07. The lowest BCUT2D eigenvalue weighted by Crippen LogP contribution is -1.95. The molecule has 1 rings (SSSR count). The van der Waals surface area contributed by atoms with Crippen molar-refractivity contribution >= 4 is 16.5 Å². The van der Waals surface area contributed by atoms with Crippen molar-refractivity contribution in [2.45, 2.75) is 40.0 Å². The van der Waals surface area contributed by atoms with E-state index >= 15 is 0 Å². The van der Waals surface area contributed by atoms with Crippen LogP contribution in [0.15, 0.2) is 0 Å². The minimum atomic E-state index is 0.961. The number of rotatable bonds is 5. The number of nitrogens with zero attached hydrogens (tertiary/aromatic N) is 1. The first-order valence-corrected chi connectivity index (χ1v) is 5.85. The molecule has 0 radical (unpaired) electrons. The maximum absolute atomic E-state index is 4.57. The van der Waals surface area contributed by atoms with Gasteiger partial charge >= 0.3 is 0 Å². The smallest absolute Gasteiger partial charge is 0.183 e. The van der Waals surface area contributed by atoms with Crippen molar-refractivity contribution in [2.75, 3.05) is 11.9 Å². The molecular formula is C10H18N2S. The predicted octanol–water partition coefficient (Wildman–Crippen LogP) is 3.09. The van der Waals surface area contributed by atoms with Crippen LogP contribution in [0.4, 0.5) is 5.13 Å². The average molecular weight is 198 g/mol. The second-order valence-corrected chi connectivity index (χ2v) is 4.11. The van der Waals surface area contributed by atoms with Crippen LogP contribution < -0.4 is 5.32 Å². The summed E-state index contributed by atoms with van der Waals surface area (Å²) >= 11 is 1.80. The SMILES string of the molecule is CCCc1nc(NCC)sc1CC. The molecular weight excluding hydrogens is 180 g/mol. The van der Waals surface area contributed by atoms with E-state index in [1.54, 1.807) is 11.3 Å². The Balaban J connectivity index is 2.77. The van der Waals surface area contributed by atoms with E-state index in [1.807, 2.05) is 0 Å². The van der Waals surface area contributed by atoms with Gasteiger partial charge in [-0.2, -0.15) is 0 Å². The summed E-state index contributed by atoms with van der Waals surface area (Å²) in [5.74, 6) is 0. The molecule has 13 heavy (non-hydrogen) atoms. The molecule has 0 aliphatic rings. The Bertz CT molecular complexity index is 255. The fourth-order valence-electron chi connectivity index (χ4n) is 1.32. The van der Waals surface area contributed by atoms with E-state index in [-0.39, 0.29) is 0 Å². The lowest BCUT2D eigenvalue weighted by Gasteiger charge is -1.94. The van der Waals surface area contributed by atoms with E-state index < -0.39 is 0 Å². The Morgan fingerprint density at radius 2 is 2.08 bits per heavy atom. The van der Waals surface area contributed by atoms with Crippen molar-refractivity contribution in [3.63, 3.8) is 0 Å². The van der Waals surface area contributed by atoms with Gasteiger partial charge in [0.2, 0.25) is 0 Å². The van der Waals surface area contributed by atoms with E-state index in [2.05, 4.69) is 31.1 Å². The molecule has 0 aliphatic heterocycles. The summed E-state index contributed by atoms with van der Waals surface area (Å²) in [6.07, 6.45) is 3.41. The van der Waals surface area contributed by atoms with Crippen molar-refractivity contribution in [1.82, 2.24) is 4.98 Å². The topological polar surface area (TPSA) is 24.9 Å². The van der Waals surface area contributed by atoms with E-state index in [1.165, 1.54) is 17.0 Å². The van der Waals surface area contributed by atoms with Gasteiger partial charge in [0.25, 0.3) is 0 Å². The zero-order valence-corrected chi connectivity index (χ0v) is 9.50. The van der Waals surface area contributed by atoms with Gasteiger partial charge in [-0.3, -0.25) is 0 Å². The van der Waals surface area contributed by atoms with Gasteiger partial charge in [-0.05, 0) is 19.8 Å². The highest BCUT2D eigenvalue weighted by molar-refractivity contribution is 7.15. The van der Waals surface area contributed by atoms with Crippen molar-refractivity contribution in [1.29, 1.82) is 0 Å². The number of aryl methyl sites for hydroxylation is 2. The molecule has 0 atom stereocenters. The van der Waals surface area contributed by atoms with Crippen LogP contribution in [0.5, 0.6) is 0 Å². The third-order valence-electron chi connectivity index (χ3n) is 1.91. The fourth-order valence-corrected chi connectivity index (χ4v) is 2.33. The van der Waals surface area contributed by atoms with Crippen LogP contribution in [-0.4, -0.2) is 11.5 Å². The highest BCUT2D eigenvalue weighted by Crippen LogP contribution is 2.24. The number of thiazole rings is 1. The second-order valence-electron chi connectivity index (χ2n) is 3.02. The second kappa shape index (κ2) is 5.22. The molecule has 3 heteroatoms. The Hall–Kier alpha value is -0.570. The van der Waals surface area contributed by atoms with Crippen molar-refractivity contribution in [2.24, 2.45) is 0 Å². The minimum absolute atomic E-state index is 0.961. The van der Waals surface area contributed by atoms with Gasteiger partial charge in [-0.15, -0.1) is 11.3 Å². The van der Waals surface area contributed by atoms with Gasteiger partial charge in [0.15, 0.2) is 5.13 Å². The monoisotopic (exact) mass is 198 g/mol. The van der Waals surface area contributed by atoms with Crippen molar-refractivity contribution in [3.8, 4) is 0 Å². The summed E-state index contributed by atoms with van der Waals surface area (Å²) in [6.45, 7) is 7.46. The van der Waals surface area contributed by atoms with E-state index in [4.69, 9.17) is 0 Å². The van der Waals surface area contributed by atoms with Gasteiger partial charge in [0, 0.05) is 11.4 Å². The first-order chi connectivity index (χ1) is 6.31. The van der Waals surface area contributed by atoms with Gasteiger partial charge in [0.1, 0.15) is 0 Å². The van der Waals surface area contributed by atoms with Crippen LogP contribution >= 0.6 is 11.3 Å². The van der Waals surface area contributed by atoms with Crippen LogP contribution in [0, 0.1) is 0 Å². The largest absolute Gasteiger partial charge is 0.362 e. The summed E-state index contributed by atoms with van der Waals surface area (Å²) in [6, 6.07) is 0. The van der Waals surface area contributed by atoms with Crippen LogP contribution in [0.1, 0.15) is 37.8 Å². The molecule has 0 aromatic carbocycles. The summed E-state index contributed by atoms with van der Waals surface area (Å²) in [5.41, 5.74) is 1.30. The summed E-state index contributed by atoms with van der Waals surface area (Å²) in [4.78, 5) is 6.01. The first-order valence-electron chi connectivity index (χ1n) is 5.04. The molecule has 0 fully saturated rings. The number of hydrogen-bond donors (Lipinski definition) is 1. The van der Waals surface area contributed by atoms with Crippen LogP contribution in [-0.2, 0) is 12.8 Å². The van der Waals surface area contributed by atoms with Gasteiger partial charge in [-0.25, -0.2) is 4.98 Å². The molecule has 0 unspecified atom stereocenters. The maximum atomic E-state index is 4.57. The van der Waals surface area contributed by atoms with Gasteiger partial charge in [-0.1, -0.05) is 20.3 Å². The van der Waals surface area contributed by atoms with E-state index in [0.29, 0.717) is 0 Å². The maximum Gasteiger partial charge on any atom is 0.183 e. The Labute approximate surface area is 84.4 Å². The molecule has 1 aromatic rings. The predicted molar refractivity (Wildman–Crippen MR) is 59.7 cm³/mol. The Kier molecular flexibility index (Phi) is 4.22. The lowest BCUT2D eigenvalue weighted by molar-refractivity contribution is 0.875. The average Bonchev–Trinajstić information content (AvgIpc) is 2.49. The van der Waals surface area contributed by atoms with Crippen LogP contribution in [0.2, 0.25) is 0 Å². The lowest BCUT2D eigenvalue weighted by atomic mass is 10.2. The molecule has 0 saturated heterocycles. The molecule has 74 valence electrons. The molecule has 2 nitrogen and oxygen atoms in total. The van der Waals surface area contributed by atoms with Crippen molar-refractivity contribution < 1.29 is 0 Å². The molecule has 0 amide bonds. The molecule has 1 aromatic heterocycles. The number of anilines is 1. The number of nitrogens with one attached hydrogen (secondary N) is 1. The van der Waals surface area contributed by atoms with E-state index in [9.17, 15) is 0 Å². The zero-order valence-electron chi connectivity index (χ0n) is 8.68. The molecule has 0 bridgehead atoms. The standard InChI is InChI=1S/C10H18N2S/c1-4-7-8-9(5-2)13-10(12-8)11-6-3/h4-7H2,1-3H3,(H,11,12). The quantitative estimate of drug-likeness (QED) is 0.786. The van der Waals surface area contributed by atoms with Gasteiger partial charge < -0.3 is 5.32 Å². The van der Waals surface area contributed by atoms with Crippen molar-refractivity contribution in [3.05, 3.63) is 10.6 Å². The minimum Gasteiger partial charge on any atom is -0.362 e. The Morgan fingerprint density at radius 1 is 1.31 bits per heavy atom. The van der Waals surface area contributed by atoms with Crippen LogP contribution in [0.3, 0.4) is 0 Å². The third-order valence-corrected chi connectivity index (χ3v) is 3.11. The summed E-state index contributed by atoms with van der Waals surface area (Å²) in [5, 5.41) is 4.35. The third kappa shape index (κ3) is 2.69. The first kappa shape index (κ1) is 10.5. The highest BCUT2D eigenvalue weighted by atomic mass is 32.1. The Morgan fingerprint density at radius 3 is 2.62 bits per heavy atom. The number of aromatic nitrogens is 1. The molecule has 0 saturated carbocycles. The zero-order chi connectivity index (χ0) is 9.68. The van der Waals surface area contributed by atoms with E-state index in [0.717, 1.165) is 24.5 Å². The summed E-state index contributed by atoms with van der Waals surface area (Å²) in [7, 11) is 0.